The van der Waals surface area contributed by atoms with Gasteiger partial charge < -0.3 is 4.43 Å². The van der Waals surface area contributed by atoms with Crippen LogP contribution >= 0.6 is 0 Å². The Kier molecular flexibility index (Phi) is 4.74. The van der Waals surface area contributed by atoms with Crippen molar-refractivity contribution in [1.29, 1.82) is 0 Å². The molecular formula is C15H34OSi. The molecule has 0 saturated heterocycles. The predicted molar refractivity (Wildman–Crippen MR) is 81.1 cm³/mol. The number of hydrogen-bond donors (Lipinski definition) is 0. The first kappa shape index (κ1) is 17.2. The lowest BCUT2D eigenvalue weighted by Crippen LogP contribution is -2.61. The van der Waals surface area contributed by atoms with Crippen LogP contribution in [-0.4, -0.2) is 14.4 Å². The van der Waals surface area contributed by atoms with Crippen LogP contribution in [0.1, 0.15) is 76.2 Å². The molecule has 0 aromatic heterocycles. The van der Waals surface area contributed by atoms with Gasteiger partial charge in [0.1, 0.15) is 0 Å². The Hall–Kier alpha value is 0.177. The number of rotatable bonds is 2. The summed E-state index contributed by atoms with van der Waals surface area (Å²) in [4.78, 5) is 0. The second kappa shape index (κ2) is 4.69. The molecule has 0 spiro atoms. The van der Waals surface area contributed by atoms with Crippen molar-refractivity contribution in [3.8, 4) is 0 Å². The van der Waals surface area contributed by atoms with Gasteiger partial charge in [0.2, 0.25) is 8.32 Å². The van der Waals surface area contributed by atoms with Crippen LogP contribution in [0, 0.1) is 0 Å². The van der Waals surface area contributed by atoms with E-state index in [9.17, 15) is 0 Å². The van der Waals surface area contributed by atoms with Crippen LogP contribution in [0.3, 0.4) is 0 Å². The van der Waals surface area contributed by atoms with Crippen molar-refractivity contribution in [3.63, 3.8) is 0 Å². The molecule has 0 heterocycles. The molecule has 17 heavy (non-hydrogen) atoms. The predicted octanol–water partition coefficient (Wildman–Crippen LogP) is 5.76. The largest absolute Gasteiger partial charge is 0.413 e. The van der Waals surface area contributed by atoms with Crippen LogP contribution in [0.4, 0.5) is 0 Å². The molecule has 0 rings (SSSR count). The van der Waals surface area contributed by atoms with Crippen molar-refractivity contribution in [2.75, 3.05) is 0 Å². The van der Waals surface area contributed by atoms with Gasteiger partial charge in [0, 0.05) is 6.10 Å². The highest BCUT2D eigenvalue weighted by Gasteiger charge is 2.62. The molecule has 0 bridgehead atoms. The highest BCUT2D eigenvalue weighted by atomic mass is 28.4. The summed E-state index contributed by atoms with van der Waals surface area (Å²) in [7, 11) is -1.96. The second-order valence-electron chi connectivity index (χ2n) is 8.60. The summed E-state index contributed by atoms with van der Waals surface area (Å²) in [6.07, 6.45) is 0.305. The second-order valence-corrected chi connectivity index (χ2v) is 14.7. The minimum absolute atomic E-state index is 0.230. The molecule has 0 saturated carbocycles. The SMILES string of the molecule is CC(C)O[Si](C(C)(C)C)(C(C)(C)C)C(C)(C)C. The summed E-state index contributed by atoms with van der Waals surface area (Å²) in [5.41, 5.74) is 0. The van der Waals surface area contributed by atoms with Crippen LogP contribution in [0.5, 0.6) is 0 Å². The topological polar surface area (TPSA) is 9.23 Å². The van der Waals surface area contributed by atoms with Gasteiger partial charge >= 0.3 is 0 Å². The Morgan fingerprint density at radius 3 is 0.941 bits per heavy atom. The molecule has 1 nitrogen and oxygen atoms in total. The van der Waals surface area contributed by atoms with E-state index in [1.807, 2.05) is 0 Å². The maximum atomic E-state index is 6.67. The number of hydrogen-bond acceptors (Lipinski definition) is 1. The normalized spacial score (nSPS) is 15.5. The van der Waals surface area contributed by atoms with Gasteiger partial charge in [0.25, 0.3) is 0 Å². The summed E-state index contributed by atoms with van der Waals surface area (Å²) in [6, 6.07) is 0. The third-order valence-corrected chi connectivity index (χ3v) is 10.7. The smallest absolute Gasteiger partial charge is 0.208 e. The van der Waals surface area contributed by atoms with Crippen molar-refractivity contribution in [1.82, 2.24) is 0 Å². The molecule has 0 fully saturated rings. The fraction of sp³-hybridized carbons (Fsp3) is 1.00. The first-order chi connectivity index (χ1) is 7.17. The zero-order valence-electron chi connectivity index (χ0n) is 14.0. The van der Waals surface area contributed by atoms with Gasteiger partial charge in [-0.15, -0.1) is 0 Å². The summed E-state index contributed by atoms with van der Waals surface area (Å²) in [5.74, 6) is 0. The lowest BCUT2D eigenvalue weighted by Gasteiger charge is -2.58. The highest BCUT2D eigenvalue weighted by molar-refractivity contribution is 6.82. The zero-order chi connectivity index (χ0) is 14.3. The van der Waals surface area contributed by atoms with Crippen LogP contribution in [0.2, 0.25) is 15.1 Å². The van der Waals surface area contributed by atoms with E-state index in [1.165, 1.54) is 0 Å². The average molecular weight is 259 g/mol. The Labute approximate surface area is 110 Å². The maximum Gasteiger partial charge on any atom is 0.208 e. The molecule has 0 unspecified atom stereocenters. The van der Waals surface area contributed by atoms with Gasteiger partial charge in [-0.05, 0) is 29.0 Å². The Balaban J connectivity index is 5.93. The molecule has 0 atom stereocenters. The van der Waals surface area contributed by atoms with E-state index in [4.69, 9.17) is 4.43 Å². The third-order valence-electron chi connectivity index (χ3n) is 3.58. The molecule has 0 aromatic carbocycles. The first-order valence-corrected chi connectivity index (χ1v) is 8.75. The van der Waals surface area contributed by atoms with E-state index in [0.717, 1.165) is 0 Å². The zero-order valence-corrected chi connectivity index (χ0v) is 15.0. The molecule has 0 aliphatic rings. The lowest BCUT2D eigenvalue weighted by atomic mass is 10.2. The molecule has 2 heteroatoms. The van der Waals surface area contributed by atoms with Gasteiger partial charge in [0.15, 0.2) is 0 Å². The quantitative estimate of drug-likeness (QED) is 0.572. The minimum atomic E-state index is -1.96. The molecular weight excluding hydrogens is 224 g/mol. The van der Waals surface area contributed by atoms with E-state index in [2.05, 4.69) is 76.2 Å². The Morgan fingerprint density at radius 1 is 0.647 bits per heavy atom. The summed E-state index contributed by atoms with van der Waals surface area (Å²) < 4.78 is 6.67. The van der Waals surface area contributed by atoms with E-state index in [-0.39, 0.29) is 15.1 Å². The molecule has 0 N–H and O–H groups in total. The van der Waals surface area contributed by atoms with E-state index < -0.39 is 8.32 Å². The fourth-order valence-electron chi connectivity index (χ4n) is 4.26. The van der Waals surface area contributed by atoms with Crippen molar-refractivity contribution >= 4 is 8.32 Å². The highest BCUT2D eigenvalue weighted by Crippen LogP contribution is 2.62. The lowest BCUT2D eigenvalue weighted by molar-refractivity contribution is 0.177. The Morgan fingerprint density at radius 2 is 0.882 bits per heavy atom. The summed E-state index contributed by atoms with van der Waals surface area (Å²) in [6.45, 7) is 25.6. The Bertz CT molecular complexity index is 212. The molecule has 0 aliphatic carbocycles. The maximum absolute atomic E-state index is 6.67. The van der Waals surface area contributed by atoms with Crippen LogP contribution < -0.4 is 0 Å². The minimum Gasteiger partial charge on any atom is -0.413 e. The first-order valence-electron chi connectivity index (χ1n) is 6.84. The third kappa shape index (κ3) is 3.14. The molecule has 104 valence electrons. The van der Waals surface area contributed by atoms with Gasteiger partial charge in [-0.3, -0.25) is 0 Å². The van der Waals surface area contributed by atoms with E-state index in [0.29, 0.717) is 6.10 Å². The van der Waals surface area contributed by atoms with Gasteiger partial charge in [-0.1, -0.05) is 62.3 Å². The molecule has 0 radical (unpaired) electrons. The molecule has 0 amide bonds. The summed E-state index contributed by atoms with van der Waals surface area (Å²) in [5, 5.41) is 0.690. The summed E-state index contributed by atoms with van der Waals surface area (Å²) >= 11 is 0. The van der Waals surface area contributed by atoms with Crippen LogP contribution in [-0.2, 0) is 4.43 Å². The van der Waals surface area contributed by atoms with E-state index in [1.54, 1.807) is 0 Å². The van der Waals surface area contributed by atoms with Gasteiger partial charge in [0.05, 0.1) is 0 Å². The van der Waals surface area contributed by atoms with Gasteiger partial charge in [-0.2, -0.15) is 0 Å². The monoisotopic (exact) mass is 258 g/mol. The van der Waals surface area contributed by atoms with E-state index >= 15 is 0 Å². The fourth-order valence-corrected chi connectivity index (χ4v) is 12.8. The van der Waals surface area contributed by atoms with Gasteiger partial charge in [-0.25, -0.2) is 0 Å². The molecule has 0 aliphatic heterocycles. The molecule has 0 aromatic rings. The van der Waals surface area contributed by atoms with Crippen LogP contribution in [0.25, 0.3) is 0 Å². The average Bonchev–Trinajstić information content (AvgIpc) is 1.91. The van der Waals surface area contributed by atoms with Crippen molar-refractivity contribution in [2.45, 2.75) is 97.4 Å². The van der Waals surface area contributed by atoms with Crippen molar-refractivity contribution in [2.24, 2.45) is 0 Å². The van der Waals surface area contributed by atoms with Crippen LogP contribution in [0.15, 0.2) is 0 Å². The van der Waals surface area contributed by atoms with Crippen molar-refractivity contribution in [3.05, 3.63) is 0 Å². The van der Waals surface area contributed by atoms with Crippen molar-refractivity contribution < 1.29 is 4.43 Å². The standard InChI is InChI=1S/C15H34OSi/c1-12(2)16-17(13(3,4)5,14(6,7)8)15(9,10)11/h12H,1-11H3.